The topological polar surface area (TPSA) is 29.3 Å². The van der Waals surface area contributed by atoms with Gasteiger partial charge < -0.3 is 5.73 Å². The highest BCUT2D eigenvalue weighted by atomic mass is 15.2. The standard InChI is InChI=1S/C17H28N2/c1-14-9-15(2)11-16(10-14)12-19(3)17(13-18)7-5-4-6-8-17/h9-11H,4-8,12-13,18H2,1-3H3. The second-order valence-electron chi connectivity index (χ2n) is 6.34. The molecule has 2 nitrogen and oxygen atoms in total. The first kappa shape index (κ1) is 14.5. The molecule has 2 rings (SSSR count). The van der Waals surface area contributed by atoms with Crippen LogP contribution in [0, 0.1) is 13.8 Å². The average molecular weight is 260 g/mol. The van der Waals surface area contributed by atoms with Crippen LogP contribution >= 0.6 is 0 Å². The molecule has 0 saturated heterocycles. The average Bonchev–Trinajstić information content (AvgIpc) is 2.38. The molecule has 0 unspecified atom stereocenters. The summed E-state index contributed by atoms with van der Waals surface area (Å²) < 4.78 is 0. The number of hydrogen-bond acceptors (Lipinski definition) is 2. The van der Waals surface area contributed by atoms with E-state index in [-0.39, 0.29) is 5.54 Å². The first-order valence-corrected chi connectivity index (χ1v) is 7.54. The molecule has 2 N–H and O–H groups in total. The molecule has 0 atom stereocenters. The molecule has 1 aliphatic carbocycles. The zero-order chi connectivity index (χ0) is 13.9. The maximum Gasteiger partial charge on any atom is 0.0332 e. The molecule has 1 saturated carbocycles. The van der Waals surface area contributed by atoms with Gasteiger partial charge in [-0.3, -0.25) is 4.90 Å². The summed E-state index contributed by atoms with van der Waals surface area (Å²) >= 11 is 0. The minimum absolute atomic E-state index is 0.232. The molecule has 2 heteroatoms. The number of rotatable bonds is 4. The van der Waals surface area contributed by atoms with E-state index in [0.717, 1.165) is 13.1 Å². The lowest BCUT2D eigenvalue weighted by atomic mass is 9.80. The molecule has 0 aromatic heterocycles. The van der Waals surface area contributed by atoms with Gasteiger partial charge in [-0.05, 0) is 39.3 Å². The Labute approximate surface area is 118 Å². The molecule has 0 bridgehead atoms. The Morgan fingerprint density at radius 3 is 2.16 bits per heavy atom. The van der Waals surface area contributed by atoms with Crippen LogP contribution in [0.2, 0.25) is 0 Å². The Balaban J connectivity index is 2.12. The molecule has 0 amide bonds. The van der Waals surface area contributed by atoms with Crippen LogP contribution in [-0.4, -0.2) is 24.0 Å². The van der Waals surface area contributed by atoms with Crippen LogP contribution in [0.25, 0.3) is 0 Å². The zero-order valence-electron chi connectivity index (χ0n) is 12.7. The first-order valence-electron chi connectivity index (χ1n) is 7.54. The molecular weight excluding hydrogens is 232 g/mol. The third-order valence-electron chi connectivity index (χ3n) is 4.68. The van der Waals surface area contributed by atoms with Gasteiger partial charge in [0.15, 0.2) is 0 Å². The van der Waals surface area contributed by atoms with E-state index in [0.29, 0.717) is 0 Å². The summed E-state index contributed by atoms with van der Waals surface area (Å²) in [5, 5.41) is 0. The van der Waals surface area contributed by atoms with Gasteiger partial charge in [-0.2, -0.15) is 0 Å². The van der Waals surface area contributed by atoms with Gasteiger partial charge in [-0.15, -0.1) is 0 Å². The van der Waals surface area contributed by atoms with Gasteiger partial charge in [-0.25, -0.2) is 0 Å². The van der Waals surface area contributed by atoms with Gasteiger partial charge in [0.25, 0.3) is 0 Å². The van der Waals surface area contributed by atoms with Gasteiger partial charge in [0, 0.05) is 18.6 Å². The predicted molar refractivity (Wildman–Crippen MR) is 82.3 cm³/mol. The lowest BCUT2D eigenvalue weighted by Gasteiger charge is -2.44. The van der Waals surface area contributed by atoms with Crippen molar-refractivity contribution in [2.45, 2.75) is 58.0 Å². The molecule has 1 fully saturated rings. The molecule has 1 aliphatic rings. The summed E-state index contributed by atoms with van der Waals surface area (Å²) in [5.74, 6) is 0. The third-order valence-corrected chi connectivity index (χ3v) is 4.68. The molecule has 0 spiro atoms. The number of likely N-dealkylation sites (N-methyl/N-ethyl adjacent to an activating group) is 1. The Hall–Kier alpha value is -0.860. The van der Waals surface area contributed by atoms with Crippen LogP contribution in [0.1, 0.15) is 48.8 Å². The SMILES string of the molecule is Cc1cc(C)cc(CN(C)C2(CN)CCCCC2)c1. The van der Waals surface area contributed by atoms with E-state index >= 15 is 0 Å². The van der Waals surface area contributed by atoms with Crippen LogP contribution in [-0.2, 0) is 6.54 Å². The molecule has 1 aromatic rings. The van der Waals surface area contributed by atoms with E-state index in [9.17, 15) is 0 Å². The highest BCUT2D eigenvalue weighted by molar-refractivity contribution is 5.28. The number of benzene rings is 1. The van der Waals surface area contributed by atoms with Crippen LogP contribution in [0.4, 0.5) is 0 Å². The fourth-order valence-electron chi connectivity index (χ4n) is 3.55. The number of nitrogens with zero attached hydrogens (tertiary/aromatic N) is 1. The highest BCUT2D eigenvalue weighted by Crippen LogP contribution is 2.33. The fraction of sp³-hybridized carbons (Fsp3) is 0.647. The largest absolute Gasteiger partial charge is 0.329 e. The van der Waals surface area contributed by atoms with Crippen molar-refractivity contribution in [1.82, 2.24) is 4.90 Å². The van der Waals surface area contributed by atoms with Crippen molar-refractivity contribution in [3.05, 3.63) is 34.9 Å². The van der Waals surface area contributed by atoms with Crippen molar-refractivity contribution in [3.63, 3.8) is 0 Å². The Morgan fingerprint density at radius 2 is 1.63 bits per heavy atom. The Kier molecular flexibility index (Phi) is 4.64. The van der Waals surface area contributed by atoms with Crippen LogP contribution in [0.15, 0.2) is 18.2 Å². The summed E-state index contributed by atoms with van der Waals surface area (Å²) in [4.78, 5) is 2.50. The Bertz CT molecular complexity index is 399. The molecule has 0 radical (unpaired) electrons. The van der Waals surface area contributed by atoms with Crippen molar-refractivity contribution in [3.8, 4) is 0 Å². The number of aryl methyl sites for hydroxylation is 2. The number of nitrogens with two attached hydrogens (primary N) is 1. The summed E-state index contributed by atoms with van der Waals surface area (Å²) in [6.45, 7) is 6.15. The highest BCUT2D eigenvalue weighted by Gasteiger charge is 2.34. The molecule has 106 valence electrons. The van der Waals surface area contributed by atoms with E-state index in [4.69, 9.17) is 5.73 Å². The van der Waals surface area contributed by atoms with E-state index < -0.39 is 0 Å². The third kappa shape index (κ3) is 3.37. The maximum absolute atomic E-state index is 6.11. The number of hydrogen-bond donors (Lipinski definition) is 1. The quantitative estimate of drug-likeness (QED) is 0.899. The van der Waals surface area contributed by atoms with E-state index in [2.05, 4.69) is 44.0 Å². The zero-order valence-corrected chi connectivity index (χ0v) is 12.7. The van der Waals surface area contributed by atoms with Crippen molar-refractivity contribution in [2.75, 3.05) is 13.6 Å². The van der Waals surface area contributed by atoms with E-state index in [1.807, 2.05) is 0 Å². The molecule has 0 aliphatic heterocycles. The second-order valence-corrected chi connectivity index (χ2v) is 6.34. The lowest BCUT2D eigenvalue weighted by molar-refractivity contribution is 0.0758. The van der Waals surface area contributed by atoms with Crippen molar-refractivity contribution in [2.24, 2.45) is 5.73 Å². The van der Waals surface area contributed by atoms with Crippen LogP contribution < -0.4 is 5.73 Å². The summed E-state index contributed by atoms with van der Waals surface area (Å²) in [5.41, 5.74) is 10.5. The van der Waals surface area contributed by atoms with Gasteiger partial charge >= 0.3 is 0 Å². The minimum atomic E-state index is 0.232. The fourth-order valence-corrected chi connectivity index (χ4v) is 3.55. The first-order chi connectivity index (χ1) is 9.05. The van der Waals surface area contributed by atoms with Crippen molar-refractivity contribution < 1.29 is 0 Å². The lowest BCUT2D eigenvalue weighted by Crippen LogP contribution is -2.52. The van der Waals surface area contributed by atoms with Gasteiger partial charge in [0.05, 0.1) is 0 Å². The van der Waals surface area contributed by atoms with E-state index in [1.54, 1.807) is 0 Å². The monoisotopic (exact) mass is 260 g/mol. The summed E-state index contributed by atoms with van der Waals surface area (Å²) in [6, 6.07) is 6.84. The van der Waals surface area contributed by atoms with E-state index in [1.165, 1.54) is 48.8 Å². The van der Waals surface area contributed by atoms with Crippen molar-refractivity contribution in [1.29, 1.82) is 0 Å². The van der Waals surface area contributed by atoms with Gasteiger partial charge in [0.2, 0.25) is 0 Å². The maximum atomic E-state index is 6.11. The second kappa shape index (κ2) is 6.06. The predicted octanol–water partition coefficient (Wildman–Crippen LogP) is 3.40. The smallest absolute Gasteiger partial charge is 0.0332 e. The molecular formula is C17H28N2. The van der Waals surface area contributed by atoms with Crippen LogP contribution in [0.3, 0.4) is 0 Å². The Morgan fingerprint density at radius 1 is 1.05 bits per heavy atom. The minimum Gasteiger partial charge on any atom is -0.329 e. The molecule has 19 heavy (non-hydrogen) atoms. The van der Waals surface area contributed by atoms with Gasteiger partial charge in [-0.1, -0.05) is 48.6 Å². The normalized spacial score (nSPS) is 18.8. The molecule has 0 heterocycles. The summed E-state index contributed by atoms with van der Waals surface area (Å²) in [6.07, 6.45) is 6.54. The summed E-state index contributed by atoms with van der Waals surface area (Å²) in [7, 11) is 2.25. The molecule has 1 aromatic carbocycles. The van der Waals surface area contributed by atoms with Gasteiger partial charge in [0.1, 0.15) is 0 Å². The van der Waals surface area contributed by atoms with Crippen LogP contribution in [0.5, 0.6) is 0 Å². The van der Waals surface area contributed by atoms with Crippen molar-refractivity contribution >= 4 is 0 Å².